The van der Waals surface area contributed by atoms with Crippen LogP contribution in [-0.2, 0) is 11.0 Å². The first-order valence-corrected chi connectivity index (χ1v) is 6.43. The maximum atomic E-state index is 12.9. The lowest BCUT2D eigenvalue weighted by Crippen LogP contribution is -2.22. The molecule has 2 nitrogen and oxygen atoms in total. The number of carboxylic acid groups (broad SMARTS) is 1. The second-order valence-electron chi connectivity index (χ2n) is 3.13. The van der Waals surface area contributed by atoms with E-state index in [0.717, 1.165) is 12.1 Å². The first-order valence-electron chi connectivity index (χ1n) is 4.27. The predicted octanol–water partition coefficient (Wildman–Crippen LogP) is 2.97. The van der Waals surface area contributed by atoms with E-state index < -0.39 is 23.5 Å². The van der Waals surface area contributed by atoms with Crippen LogP contribution < -0.4 is 5.11 Å². The Balaban J connectivity index is 3.34. The van der Waals surface area contributed by atoms with Gasteiger partial charge in [-0.2, -0.15) is 13.2 Å². The second kappa shape index (κ2) is 5.72. The molecule has 0 aromatic heterocycles. The summed E-state index contributed by atoms with van der Waals surface area (Å²) >= 11 is 3.16. The van der Waals surface area contributed by atoms with Gasteiger partial charge in [-0.25, -0.2) is 4.39 Å². The highest BCUT2D eigenvalue weighted by molar-refractivity contribution is 14.1. The minimum absolute atomic E-state index is 0.0749. The molecule has 0 atom stereocenters. The first-order chi connectivity index (χ1) is 8.12. The van der Waals surface area contributed by atoms with E-state index in [1.54, 1.807) is 45.2 Å². The van der Waals surface area contributed by atoms with Gasteiger partial charge in [0.05, 0.1) is 5.56 Å². The molecule has 1 rings (SSSR count). The minimum Gasteiger partial charge on any atom is -0.542 e. The number of rotatable bonds is 2. The third-order valence-electron chi connectivity index (χ3n) is 1.87. The van der Waals surface area contributed by atoms with E-state index in [1.807, 2.05) is 0 Å². The molecule has 0 saturated carbocycles. The molecule has 98 valence electrons. The average molecular weight is 485 g/mol. The largest absolute Gasteiger partial charge is 0.542 e. The number of alkyl halides is 3. The number of carboxylic acids is 1. The number of carbonyl (C=O) groups is 1. The maximum absolute atomic E-state index is 12.9. The number of hydrogen-bond acceptors (Lipinski definition) is 2. The quantitative estimate of drug-likeness (QED) is 0.368. The first kappa shape index (κ1) is 15.7. The highest BCUT2D eigenvalue weighted by Gasteiger charge is 2.31. The topological polar surface area (TPSA) is 40.1 Å². The van der Waals surface area contributed by atoms with Crippen LogP contribution in [0.5, 0.6) is 0 Å². The van der Waals surface area contributed by atoms with E-state index in [9.17, 15) is 27.5 Å². The van der Waals surface area contributed by atoms with Crippen LogP contribution >= 0.6 is 45.2 Å². The number of carbonyl (C=O) groups excluding carboxylic acids is 1. The van der Waals surface area contributed by atoms with Crippen molar-refractivity contribution in [2.45, 2.75) is 6.18 Å². The Kier molecular flexibility index (Phi) is 4.98. The third-order valence-corrected chi connectivity index (χ3v) is 3.66. The van der Waals surface area contributed by atoms with Crippen molar-refractivity contribution in [3.63, 3.8) is 0 Å². The fourth-order valence-corrected chi connectivity index (χ4v) is 3.15. The lowest BCUT2D eigenvalue weighted by molar-refractivity contribution is -0.301. The van der Waals surface area contributed by atoms with E-state index in [4.69, 9.17) is 0 Å². The van der Waals surface area contributed by atoms with Gasteiger partial charge in [0.1, 0.15) is 11.8 Å². The Bertz CT molecular complexity index is 500. The Morgan fingerprint density at radius 1 is 1.22 bits per heavy atom. The van der Waals surface area contributed by atoms with Crippen LogP contribution in [0.2, 0.25) is 0 Å². The Morgan fingerprint density at radius 3 is 2.00 bits per heavy atom. The molecule has 1 aromatic carbocycles. The van der Waals surface area contributed by atoms with Crippen LogP contribution in [0.4, 0.5) is 17.6 Å². The van der Waals surface area contributed by atoms with Crippen LogP contribution in [0.15, 0.2) is 18.0 Å². The zero-order chi connectivity index (χ0) is 14.1. The summed E-state index contributed by atoms with van der Waals surface area (Å²) in [4.78, 5) is 10.2. The van der Waals surface area contributed by atoms with Gasteiger partial charge in [-0.3, -0.25) is 0 Å². The molecule has 0 N–H and O–H groups in total. The van der Waals surface area contributed by atoms with Gasteiger partial charge in [-0.15, -0.1) is 0 Å². The molecule has 18 heavy (non-hydrogen) atoms. The molecule has 0 saturated heterocycles. The summed E-state index contributed by atoms with van der Waals surface area (Å²) in [5.41, 5.74) is -0.798. The van der Waals surface area contributed by atoms with Gasteiger partial charge in [0, 0.05) is 12.7 Å². The number of halogens is 6. The summed E-state index contributed by atoms with van der Waals surface area (Å²) in [6.07, 6.45) is -3.87. The maximum Gasteiger partial charge on any atom is 0.416 e. The summed E-state index contributed by atoms with van der Waals surface area (Å²) in [6.45, 7) is 0. The standard InChI is InChI=1S/C10H4F4I2O2/c11-6(9(17)18)3-5-7(15)1-4(2-8(5)16)10(12,13)14/h1-3H,(H,17,18)/p-1. The van der Waals surface area contributed by atoms with Crippen molar-refractivity contribution in [1.82, 2.24) is 0 Å². The van der Waals surface area contributed by atoms with Gasteiger partial charge >= 0.3 is 6.18 Å². The van der Waals surface area contributed by atoms with Gasteiger partial charge in [-0.1, -0.05) is 0 Å². The fourth-order valence-electron chi connectivity index (χ4n) is 1.07. The van der Waals surface area contributed by atoms with Gasteiger partial charge in [0.25, 0.3) is 0 Å². The monoisotopic (exact) mass is 485 g/mol. The SMILES string of the molecule is O=C([O-])C(F)=Cc1c(I)cc(C(F)(F)F)cc1I. The Labute approximate surface area is 126 Å². The minimum atomic E-state index is -4.50. The average Bonchev–Trinajstić information content (AvgIpc) is 2.21. The molecule has 0 spiro atoms. The summed E-state index contributed by atoms with van der Waals surface area (Å²) < 4.78 is 50.5. The molecule has 1 aromatic rings. The van der Waals surface area contributed by atoms with E-state index in [-0.39, 0.29) is 12.7 Å². The smallest absolute Gasteiger partial charge is 0.416 e. The van der Waals surface area contributed by atoms with Crippen LogP contribution in [0.1, 0.15) is 11.1 Å². The summed E-state index contributed by atoms with van der Waals surface area (Å²) in [6, 6.07) is 1.63. The fraction of sp³-hybridized carbons (Fsp3) is 0.100. The van der Waals surface area contributed by atoms with E-state index in [0.29, 0.717) is 6.08 Å². The van der Waals surface area contributed by atoms with Gasteiger partial charge in [0.2, 0.25) is 0 Å². The molecule has 8 heteroatoms. The lowest BCUT2D eigenvalue weighted by Gasteiger charge is -2.11. The van der Waals surface area contributed by atoms with Crippen LogP contribution in [0.25, 0.3) is 6.08 Å². The zero-order valence-corrected chi connectivity index (χ0v) is 12.6. The normalized spacial score (nSPS) is 12.7. The van der Waals surface area contributed by atoms with Crippen LogP contribution in [-0.4, -0.2) is 5.97 Å². The van der Waals surface area contributed by atoms with E-state index in [1.165, 1.54) is 0 Å². The summed E-state index contributed by atoms with van der Waals surface area (Å²) in [5, 5.41) is 10.2. The summed E-state index contributed by atoms with van der Waals surface area (Å²) in [5.74, 6) is -3.55. The van der Waals surface area contributed by atoms with Gasteiger partial charge in [0.15, 0.2) is 0 Å². The number of aliphatic carboxylic acids is 1. The highest BCUT2D eigenvalue weighted by atomic mass is 127. The molecule has 0 aliphatic rings. The molecule has 0 bridgehead atoms. The molecule has 0 aliphatic heterocycles. The Hall–Kier alpha value is -0.390. The van der Waals surface area contributed by atoms with Gasteiger partial charge < -0.3 is 9.90 Å². The highest BCUT2D eigenvalue weighted by Crippen LogP contribution is 2.34. The zero-order valence-electron chi connectivity index (χ0n) is 8.32. The van der Waals surface area contributed by atoms with Crippen molar-refractivity contribution in [3.8, 4) is 0 Å². The van der Waals surface area contributed by atoms with Gasteiger partial charge in [-0.05, 0) is 63.4 Å². The van der Waals surface area contributed by atoms with Crippen LogP contribution in [0.3, 0.4) is 0 Å². The predicted molar refractivity (Wildman–Crippen MR) is 71.0 cm³/mol. The molecule has 0 aliphatic carbocycles. The van der Waals surface area contributed by atoms with Crippen molar-refractivity contribution in [3.05, 3.63) is 36.2 Å². The third kappa shape index (κ3) is 3.80. The molecule has 0 amide bonds. The Morgan fingerprint density at radius 2 is 1.67 bits per heavy atom. The molecular weight excluding hydrogens is 482 g/mol. The molecule has 0 heterocycles. The summed E-state index contributed by atoms with van der Waals surface area (Å²) in [7, 11) is 0. The second-order valence-corrected chi connectivity index (χ2v) is 5.46. The number of benzene rings is 1. The molecule has 0 unspecified atom stereocenters. The van der Waals surface area contributed by atoms with E-state index >= 15 is 0 Å². The van der Waals surface area contributed by atoms with Crippen molar-refractivity contribution in [1.29, 1.82) is 0 Å². The van der Waals surface area contributed by atoms with Crippen LogP contribution in [0, 0.1) is 7.14 Å². The molecule has 0 fully saturated rings. The van der Waals surface area contributed by atoms with Crippen molar-refractivity contribution >= 4 is 57.2 Å². The van der Waals surface area contributed by atoms with E-state index in [2.05, 4.69) is 0 Å². The van der Waals surface area contributed by atoms with Crippen molar-refractivity contribution < 1.29 is 27.5 Å². The molecular formula is C10H3F4I2O2-. The molecule has 0 radical (unpaired) electrons. The van der Waals surface area contributed by atoms with Crippen molar-refractivity contribution in [2.75, 3.05) is 0 Å². The lowest BCUT2D eigenvalue weighted by atomic mass is 10.1. The number of hydrogen-bond donors (Lipinski definition) is 0. The van der Waals surface area contributed by atoms with Crippen molar-refractivity contribution in [2.24, 2.45) is 0 Å².